The van der Waals surface area contributed by atoms with Gasteiger partial charge in [-0.2, -0.15) is 0 Å². The highest BCUT2D eigenvalue weighted by Gasteiger charge is 2.31. The number of aromatic nitrogens is 1. The van der Waals surface area contributed by atoms with Gasteiger partial charge in [0.15, 0.2) is 0 Å². The van der Waals surface area contributed by atoms with Crippen LogP contribution in [0.4, 0.5) is 5.82 Å². The third-order valence-corrected chi connectivity index (χ3v) is 4.58. The zero-order valence-electron chi connectivity index (χ0n) is 12.3. The number of nitrogens with zero attached hydrogens (tertiary/aromatic N) is 2. The van der Waals surface area contributed by atoms with E-state index in [1.165, 1.54) is 30.0 Å². The van der Waals surface area contributed by atoms with Crippen LogP contribution in [-0.2, 0) is 6.54 Å². The van der Waals surface area contributed by atoms with E-state index < -0.39 is 0 Å². The number of nitrogens with two attached hydrogens (primary N) is 1. The molecule has 2 atom stereocenters. The summed E-state index contributed by atoms with van der Waals surface area (Å²) in [6.07, 6.45) is 5.66. The van der Waals surface area contributed by atoms with Crippen LogP contribution in [0.2, 0.25) is 0 Å². The molecule has 3 heteroatoms. The van der Waals surface area contributed by atoms with E-state index in [0.29, 0.717) is 18.6 Å². The average molecular weight is 269 g/mol. The van der Waals surface area contributed by atoms with E-state index in [1.807, 2.05) is 6.20 Å². The molecule has 1 aliphatic rings. The lowest BCUT2D eigenvalue weighted by Crippen LogP contribution is -2.35. The first-order chi connectivity index (χ1) is 9.76. The zero-order valence-corrected chi connectivity index (χ0v) is 12.3. The van der Waals surface area contributed by atoms with Gasteiger partial charge >= 0.3 is 0 Å². The molecule has 2 unspecified atom stereocenters. The molecule has 1 aromatic carbocycles. The monoisotopic (exact) mass is 269 g/mol. The molecule has 0 saturated carbocycles. The van der Waals surface area contributed by atoms with Gasteiger partial charge in [0.2, 0.25) is 0 Å². The normalized spacial score (nSPS) is 22.6. The van der Waals surface area contributed by atoms with Crippen LogP contribution in [-0.4, -0.2) is 17.1 Å². The van der Waals surface area contributed by atoms with Crippen molar-refractivity contribution in [3.63, 3.8) is 0 Å². The molecule has 0 bridgehead atoms. The van der Waals surface area contributed by atoms with Gasteiger partial charge in [0.1, 0.15) is 5.82 Å². The van der Waals surface area contributed by atoms with Crippen LogP contribution >= 0.6 is 0 Å². The van der Waals surface area contributed by atoms with Gasteiger partial charge < -0.3 is 10.6 Å². The maximum Gasteiger partial charge on any atom is 0.136 e. The number of benzene rings is 1. The average Bonchev–Trinajstić information content (AvgIpc) is 2.87. The van der Waals surface area contributed by atoms with Crippen LogP contribution < -0.4 is 10.6 Å². The lowest BCUT2D eigenvalue weighted by molar-refractivity contribution is 0.623. The quantitative estimate of drug-likeness (QED) is 0.928. The van der Waals surface area contributed by atoms with Gasteiger partial charge in [-0.1, -0.05) is 31.2 Å². The number of hydrogen-bond donors (Lipinski definition) is 1. The third-order valence-electron chi connectivity index (χ3n) is 4.58. The maximum absolute atomic E-state index is 5.85. The highest BCUT2D eigenvalue weighted by molar-refractivity contribution is 5.94. The van der Waals surface area contributed by atoms with E-state index in [0.717, 1.165) is 11.4 Å². The zero-order chi connectivity index (χ0) is 14.1. The Labute approximate surface area is 120 Å². The summed E-state index contributed by atoms with van der Waals surface area (Å²) in [5.41, 5.74) is 6.98. The highest BCUT2D eigenvalue weighted by atomic mass is 15.3. The molecule has 2 aromatic rings. The molecular formula is C17H23N3. The molecule has 0 amide bonds. The van der Waals surface area contributed by atoms with Gasteiger partial charge in [0.25, 0.3) is 0 Å². The van der Waals surface area contributed by atoms with Crippen LogP contribution in [0.25, 0.3) is 10.8 Å². The van der Waals surface area contributed by atoms with E-state index in [2.05, 4.69) is 43.0 Å². The summed E-state index contributed by atoms with van der Waals surface area (Å²) in [5.74, 6) is 1.13. The minimum Gasteiger partial charge on any atom is -0.350 e. The van der Waals surface area contributed by atoms with Gasteiger partial charge in [0.05, 0.1) is 0 Å². The fourth-order valence-electron chi connectivity index (χ4n) is 3.46. The number of hydrogen-bond acceptors (Lipinski definition) is 3. The van der Waals surface area contributed by atoms with Gasteiger partial charge in [-0.25, -0.2) is 4.98 Å². The topological polar surface area (TPSA) is 42.2 Å². The largest absolute Gasteiger partial charge is 0.350 e. The lowest BCUT2D eigenvalue weighted by atomic mass is 10.1. The van der Waals surface area contributed by atoms with Crippen molar-refractivity contribution in [2.24, 2.45) is 5.73 Å². The van der Waals surface area contributed by atoms with Crippen molar-refractivity contribution >= 4 is 16.6 Å². The second kappa shape index (κ2) is 5.41. The fraction of sp³-hybridized carbons (Fsp3) is 0.471. The van der Waals surface area contributed by atoms with Crippen LogP contribution in [0.3, 0.4) is 0 Å². The molecule has 1 fully saturated rings. The minimum atomic E-state index is 0.542. The first-order valence-electron chi connectivity index (χ1n) is 7.61. The molecule has 1 aliphatic heterocycles. The summed E-state index contributed by atoms with van der Waals surface area (Å²) in [5, 5.41) is 2.48. The van der Waals surface area contributed by atoms with Crippen molar-refractivity contribution in [2.75, 3.05) is 4.90 Å². The molecule has 3 rings (SSSR count). The summed E-state index contributed by atoms with van der Waals surface area (Å²) in [6, 6.07) is 9.69. The molecule has 0 aliphatic carbocycles. The lowest BCUT2D eigenvalue weighted by Gasteiger charge is -2.30. The summed E-state index contributed by atoms with van der Waals surface area (Å²) >= 11 is 0. The van der Waals surface area contributed by atoms with Crippen molar-refractivity contribution in [1.29, 1.82) is 0 Å². The first kappa shape index (κ1) is 13.4. The summed E-state index contributed by atoms with van der Waals surface area (Å²) < 4.78 is 0. The maximum atomic E-state index is 5.85. The van der Waals surface area contributed by atoms with Crippen molar-refractivity contribution < 1.29 is 0 Å². The molecule has 3 nitrogen and oxygen atoms in total. The Balaban J connectivity index is 2.17. The Morgan fingerprint density at radius 1 is 1.25 bits per heavy atom. The molecular weight excluding hydrogens is 246 g/mol. The molecule has 2 heterocycles. The summed E-state index contributed by atoms with van der Waals surface area (Å²) in [7, 11) is 0. The van der Waals surface area contributed by atoms with Crippen LogP contribution in [0.15, 0.2) is 30.5 Å². The fourth-order valence-corrected chi connectivity index (χ4v) is 3.46. The second-order valence-corrected chi connectivity index (χ2v) is 5.75. The van der Waals surface area contributed by atoms with E-state index in [1.54, 1.807) is 0 Å². The number of fused-ring (bicyclic) bond motifs is 1. The van der Waals surface area contributed by atoms with Crippen LogP contribution in [0.1, 0.15) is 38.7 Å². The Morgan fingerprint density at radius 3 is 2.70 bits per heavy atom. The number of anilines is 1. The van der Waals surface area contributed by atoms with Crippen molar-refractivity contribution in [3.05, 3.63) is 36.0 Å². The number of rotatable bonds is 3. The Bertz CT molecular complexity index is 608. The molecule has 1 aromatic heterocycles. The van der Waals surface area contributed by atoms with E-state index in [4.69, 9.17) is 10.7 Å². The van der Waals surface area contributed by atoms with Crippen molar-refractivity contribution in [2.45, 2.75) is 51.7 Å². The van der Waals surface area contributed by atoms with Crippen LogP contribution in [0, 0.1) is 0 Å². The Kier molecular flexibility index (Phi) is 3.62. The molecule has 2 N–H and O–H groups in total. The van der Waals surface area contributed by atoms with E-state index in [9.17, 15) is 0 Å². The van der Waals surface area contributed by atoms with Gasteiger partial charge in [-0.05, 0) is 37.1 Å². The van der Waals surface area contributed by atoms with Crippen molar-refractivity contribution in [1.82, 2.24) is 4.98 Å². The van der Waals surface area contributed by atoms with Crippen LogP contribution in [0.5, 0.6) is 0 Å². The third kappa shape index (κ3) is 2.06. The molecule has 20 heavy (non-hydrogen) atoms. The van der Waals surface area contributed by atoms with Gasteiger partial charge in [-0.3, -0.25) is 0 Å². The Hall–Kier alpha value is -1.61. The molecule has 0 spiro atoms. The standard InChI is InChI=1S/C17H23N3/c1-3-14-9-8-12(2)20(14)17-16-7-5-4-6-15(16)13(10-18)11-19-17/h4-7,11-12,14H,3,8-10,18H2,1-2H3. The predicted molar refractivity (Wildman–Crippen MR) is 84.9 cm³/mol. The number of pyridine rings is 1. The summed E-state index contributed by atoms with van der Waals surface area (Å²) in [6.45, 7) is 5.12. The first-order valence-corrected chi connectivity index (χ1v) is 7.61. The molecule has 106 valence electrons. The smallest absolute Gasteiger partial charge is 0.136 e. The predicted octanol–water partition coefficient (Wildman–Crippen LogP) is 3.46. The van der Waals surface area contributed by atoms with E-state index in [-0.39, 0.29) is 0 Å². The van der Waals surface area contributed by atoms with Gasteiger partial charge in [-0.15, -0.1) is 0 Å². The van der Waals surface area contributed by atoms with E-state index >= 15 is 0 Å². The summed E-state index contributed by atoms with van der Waals surface area (Å²) in [4.78, 5) is 7.27. The van der Waals surface area contributed by atoms with Crippen molar-refractivity contribution in [3.8, 4) is 0 Å². The Morgan fingerprint density at radius 2 is 2.00 bits per heavy atom. The van der Waals surface area contributed by atoms with Gasteiger partial charge in [0, 0.05) is 30.2 Å². The minimum absolute atomic E-state index is 0.542. The second-order valence-electron chi connectivity index (χ2n) is 5.75. The SMILES string of the molecule is CCC1CCC(C)N1c1ncc(CN)c2ccccc12. The molecule has 0 radical (unpaired) electrons. The molecule has 1 saturated heterocycles. The highest BCUT2D eigenvalue weighted by Crippen LogP contribution is 2.35.